The van der Waals surface area contributed by atoms with Crippen LogP contribution in [0, 0.1) is 0 Å². The van der Waals surface area contributed by atoms with Gasteiger partial charge in [-0.2, -0.15) is 10.2 Å². The van der Waals surface area contributed by atoms with Crippen LogP contribution < -0.4 is 10.9 Å². The zero-order valence-electron chi connectivity index (χ0n) is 18.3. The number of hydrogen-bond donors (Lipinski definition) is 2. The summed E-state index contributed by atoms with van der Waals surface area (Å²) >= 11 is 0. The Morgan fingerprint density at radius 2 is 1.10 bits per heavy atom. The number of nitrogens with zero attached hydrogens (tertiary/aromatic N) is 2. The van der Waals surface area contributed by atoms with Gasteiger partial charge in [-0.25, -0.2) is 10.9 Å². The highest BCUT2D eigenvalue weighted by atomic mass is 16.2. The van der Waals surface area contributed by atoms with Gasteiger partial charge in [-0.1, -0.05) is 80.9 Å². The SMILES string of the molecule is CC(/C=N/NC(=O)CCCCCC(=O)N/N=C/C(C)c1ccccc1)c1ccccc1. The summed E-state index contributed by atoms with van der Waals surface area (Å²) in [5.74, 6) is 0.0534. The van der Waals surface area contributed by atoms with Gasteiger partial charge in [0, 0.05) is 37.1 Å². The van der Waals surface area contributed by atoms with Gasteiger partial charge in [0.05, 0.1) is 0 Å². The van der Waals surface area contributed by atoms with Gasteiger partial charge in [0.25, 0.3) is 0 Å². The fraction of sp³-hybridized carbons (Fsp3) is 0.360. The van der Waals surface area contributed by atoms with Crippen LogP contribution in [0.2, 0.25) is 0 Å². The molecule has 6 nitrogen and oxygen atoms in total. The van der Waals surface area contributed by atoms with Crippen molar-refractivity contribution in [3.8, 4) is 0 Å². The van der Waals surface area contributed by atoms with Crippen molar-refractivity contribution in [2.45, 2.75) is 57.8 Å². The first kappa shape index (κ1) is 24.0. The van der Waals surface area contributed by atoms with E-state index in [1.807, 2.05) is 74.5 Å². The summed E-state index contributed by atoms with van der Waals surface area (Å²) in [6.07, 6.45) is 6.49. The van der Waals surface area contributed by atoms with Crippen LogP contribution in [0.3, 0.4) is 0 Å². The summed E-state index contributed by atoms with van der Waals surface area (Å²) < 4.78 is 0. The number of carbonyl (C=O) groups is 2. The Balaban J connectivity index is 1.53. The molecule has 0 heterocycles. The molecule has 2 N–H and O–H groups in total. The molecule has 2 atom stereocenters. The molecule has 0 aliphatic heterocycles. The lowest BCUT2D eigenvalue weighted by Gasteiger charge is -2.06. The van der Waals surface area contributed by atoms with Crippen LogP contribution in [0.4, 0.5) is 0 Å². The first-order chi connectivity index (χ1) is 15.1. The lowest BCUT2D eigenvalue weighted by atomic mass is 10.0. The highest BCUT2D eigenvalue weighted by Gasteiger charge is 2.05. The highest BCUT2D eigenvalue weighted by Crippen LogP contribution is 2.12. The van der Waals surface area contributed by atoms with Crippen molar-refractivity contribution in [2.24, 2.45) is 10.2 Å². The van der Waals surface area contributed by atoms with Crippen LogP contribution in [0.25, 0.3) is 0 Å². The standard InChI is InChI=1S/C25H32N4O2/c1-20(22-12-6-3-7-13-22)18-26-28-24(30)16-10-5-11-17-25(31)29-27-19-21(2)23-14-8-4-9-15-23/h3-4,6-9,12-15,18-21H,5,10-11,16-17H2,1-2H3,(H,28,30)(H,29,31)/b26-18+,27-19+. The van der Waals surface area contributed by atoms with E-state index in [1.165, 1.54) is 0 Å². The van der Waals surface area contributed by atoms with E-state index in [4.69, 9.17) is 0 Å². The number of benzene rings is 2. The molecule has 6 heteroatoms. The molecule has 2 amide bonds. The Morgan fingerprint density at radius 3 is 1.48 bits per heavy atom. The van der Waals surface area contributed by atoms with Gasteiger partial charge in [0.2, 0.25) is 11.8 Å². The molecule has 0 radical (unpaired) electrons. The van der Waals surface area contributed by atoms with Crippen LogP contribution in [-0.4, -0.2) is 24.2 Å². The van der Waals surface area contributed by atoms with E-state index in [2.05, 4.69) is 21.1 Å². The minimum atomic E-state index is -0.111. The van der Waals surface area contributed by atoms with Gasteiger partial charge in [-0.15, -0.1) is 0 Å². The van der Waals surface area contributed by atoms with Crippen molar-refractivity contribution < 1.29 is 9.59 Å². The van der Waals surface area contributed by atoms with E-state index in [9.17, 15) is 9.59 Å². The van der Waals surface area contributed by atoms with Gasteiger partial charge < -0.3 is 0 Å². The summed E-state index contributed by atoms with van der Waals surface area (Å²) in [6.45, 7) is 4.06. The maximum absolute atomic E-state index is 11.9. The minimum absolute atomic E-state index is 0.111. The number of hydrazone groups is 2. The van der Waals surface area contributed by atoms with E-state index in [0.717, 1.165) is 30.4 Å². The summed E-state index contributed by atoms with van der Waals surface area (Å²) in [5, 5.41) is 8.08. The Hall–Kier alpha value is -3.28. The lowest BCUT2D eigenvalue weighted by molar-refractivity contribution is -0.121. The van der Waals surface area contributed by atoms with E-state index >= 15 is 0 Å². The van der Waals surface area contributed by atoms with Crippen molar-refractivity contribution in [2.75, 3.05) is 0 Å². The van der Waals surface area contributed by atoms with Gasteiger partial charge in [0.1, 0.15) is 0 Å². The van der Waals surface area contributed by atoms with Crippen LogP contribution in [-0.2, 0) is 9.59 Å². The molecule has 0 spiro atoms. The first-order valence-corrected chi connectivity index (χ1v) is 10.8. The zero-order chi connectivity index (χ0) is 22.3. The predicted octanol–water partition coefficient (Wildman–Crippen LogP) is 4.75. The van der Waals surface area contributed by atoms with Crippen molar-refractivity contribution >= 4 is 24.2 Å². The smallest absolute Gasteiger partial charge is 0.240 e. The van der Waals surface area contributed by atoms with Gasteiger partial charge in [-0.05, 0) is 24.0 Å². The summed E-state index contributed by atoms with van der Waals surface area (Å²) in [4.78, 5) is 23.7. The Labute approximate surface area is 184 Å². The highest BCUT2D eigenvalue weighted by molar-refractivity contribution is 5.78. The quantitative estimate of drug-likeness (QED) is 0.295. The fourth-order valence-electron chi connectivity index (χ4n) is 2.99. The summed E-state index contributed by atoms with van der Waals surface area (Å²) in [7, 11) is 0. The molecular weight excluding hydrogens is 388 g/mol. The average molecular weight is 421 g/mol. The van der Waals surface area contributed by atoms with Gasteiger partial charge >= 0.3 is 0 Å². The zero-order valence-corrected chi connectivity index (χ0v) is 18.3. The van der Waals surface area contributed by atoms with Crippen LogP contribution in [0.5, 0.6) is 0 Å². The Bertz CT molecular complexity index is 779. The second-order valence-electron chi connectivity index (χ2n) is 7.59. The van der Waals surface area contributed by atoms with E-state index in [-0.39, 0.29) is 23.7 Å². The van der Waals surface area contributed by atoms with E-state index < -0.39 is 0 Å². The molecule has 2 unspecified atom stereocenters. The van der Waals surface area contributed by atoms with Crippen LogP contribution in [0.15, 0.2) is 70.9 Å². The second kappa shape index (κ2) is 13.9. The van der Waals surface area contributed by atoms with Crippen molar-refractivity contribution in [1.82, 2.24) is 10.9 Å². The van der Waals surface area contributed by atoms with Crippen molar-refractivity contribution in [1.29, 1.82) is 0 Å². The normalized spacial score (nSPS) is 13.2. The lowest BCUT2D eigenvalue weighted by Crippen LogP contribution is -2.18. The third-order valence-corrected chi connectivity index (χ3v) is 4.93. The molecule has 0 saturated carbocycles. The summed E-state index contributed by atoms with van der Waals surface area (Å²) in [5.41, 5.74) is 7.44. The number of carbonyl (C=O) groups excluding carboxylic acids is 2. The molecule has 0 saturated heterocycles. The minimum Gasteiger partial charge on any atom is -0.273 e. The Morgan fingerprint density at radius 1 is 0.710 bits per heavy atom. The molecule has 0 aromatic heterocycles. The molecule has 31 heavy (non-hydrogen) atoms. The monoisotopic (exact) mass is 420 g/mol. The topological polar surface area (TPSA) is 82.9 Å². The first-order valence-electron chi connectivity index (χ1n) is 10.8. The molecule has 2 aromatic carbocycles. The molecule has 0 aliphatic rings. The van der Waals surface area contributed by atoms with Crippen LogP contribution in [0.1, 0.15) is 68.9 Å². The summed E-state index contributed by atoms with van der Waals surface area (Å²) in [6, 6.07) is 20.0. The fourth-order valence-corrected chi connectivity index (χ4v) is 2.99. The van der Waals surface area contributed by atoms with Crippen molar-refractivity contribution in [3.63, 3.8) is 0 Å². The maximum Gasteiger partial charge on any atom is 0.240 e. The number of rotatable bonds is 12. The molecule has 0 fully saturated rings. The van der Waals surface area contributed by atoms with Crippen molar-refractivity contribution in [3.05, 3.63) is 71.8 Å². The molecule has 2 aromatic rings. The average Bonchev–Trinajstić information content (AvgIpc) is 2.80. The van der Waals surface area contributed by atoms with Gasteiger partial charge in [0.15, 0.2) is 0 Å². The van der Waals surface area contributed by atoms with E-state index in [0.29, 0.717) is 12.8 Å². The third-order valence-electron chi connectivity index (χ3n) is 4.93. The predicted molar refractivity (Wildman–Crippen MR) is 126 cm³/mol. The number of nitrogens with one attached hydrogen (secondary N) is 2. The largest absolute Gasteiger partial charge is 0.273 e. The molecule has 2 rings (SSSR count). The third kappa shape index (κ3) is 9.85. The number of hydrogen-bond acceptors (Lipinski definition) is 4. The van der Waals surface area contributed by atoms with Crippen LogP contribution >= 0.6 is 0 Å². The number of amides is 2. The molecule has 164 valence electrons. The second-order valence-corrected chi connectivity index (χ2v) is 7.59. The molecular formula is C25H32N4O2. The van der Waals surface area contributed by atoms with Gasteiger partial charge in [-0.3, -0.25) is 9.59 Å². The molecule has 0 aliphatic carbocycles. The number of unbranched alkanes of at least 4 members (excludes halogenated alkanes) is 2. The molecule has 0 bridgehead atoms. The Kier molecular flexibility index (Phi) is 10.7. The maximum atomic E-state index is 11.9. The van der Waals surface area contributed by atoms with E-state index in [1.54, 1.807) is 12.4 Å².